The van der Waals surface area contributed by atoms with Crippen molar-refractivity contribution in [3.8, 4) is 0 Å². The Balaban J connectivity index is 1.80. The summed E-state index contributed by atoms with van der Waals surface area (Å²) >= 11 is 0. The van der Waals surface area contributed by atoms with Crippen LogP contribution in [0.15, 0.2) is 46.6 Å². The van der Waals surface area contributed by atoms with E-state index in [1.165, 1.54) is 30.6 Å². The minimum Gasteiger partial charge on any atom is -0.457 e. The van der Waals surface area contributed by atoms with E-state index in [2.05, 4.69) is 45.9 Å². The topological polar surface area (TPSA) is 241 Å². The lowest BCUT2D eigenvalue weighted by molar-refractivity contribution is -0.369. The van der Waals surface area contributed by atoms with Gasteiger partial charge in [0.25, 0.3) is 0 Å². The molecule has 0 unspecified atom stereocenters. The van der Waals surface area contributed by atoms with E-state index in [1.54, 1.807) is 0 Å². The number of aliphatic hydroxyl groups is 4. The third-order valence-electron chi connectivity index (χ3n) is 10.9. The van der Waals surface area contributed by atoms with Gasteiger partial charge in [-0.15, -0.1) is 0 Å². The molecule has 3 fully saturated rings. The van der Waals surface area contributed by atoms with Crippen LogP contribution in [0.1, 0.15) is 115 Å². The highest BCUT2D eigenvalue weighted by Gasteiger charge is 2.55. The van der Waals surface area contributed by atoms with Crippen LogP contribution >= 0.6 is 0 Å². The number of allylic oxidation sites excluding steroid dienone is 7. The Bertz CT molecular complexity index is 1650. The second-order valence-corrected chi connectivity index (χ2v) is 17.0. The SMILES string of the molecule is CC(=O)O[C@@H]1[C@@H](OC(C)=O)[C@H](C)O[C@@H](O[C@H]2[C@H](OC/C=C(\C)CC/C=C(\C)CC/C=C(\C)CCC=C(C)C)O[C@H](CO[C@@H]3O[C@@H](C)[C@H](OC(C)=O)[C@@H](O)[C@H]3O)[C@@H](O)[C@@H]2O)[C@@H]1OC(C)=O. The first-order chi connectivity index (χ1) is 30.1. The van der Waals surface area contributed by atoms with Crippen molar-refractivity contribution in [3.63, 3.8) is 0 Å². The van der Waals surface area contributed by atoms with Gasteiger partial charge in [-0.05, 0) is 87.0 Å². The van der Waals surface area contributed by atoms with Crippen molar-refractivity contribution in [3.05, 3.63) is 46.6 Å². The van der Waals surface area contributed by atoms with E-state index in [0.717, 1.165) is 71.8 Å². The maximum absolute atomic E-state index is 12.4. The van der Waals surface area contributed by atoms with Gasteiger partial charge in [0.2, 0.25) is 0 Å². The van der Waals surface area contributed by atoms with Crippen molar-refractivity contribution in [2.75, 3.05) is 13.2 Å². The summed E-state index contributed by atoms with van der Waals surface area (Å²) in [5.74, 6) is -3.02. The number of aliphatic hydroxyl groups excluding tert-OH is 4. The zero-order valence-electron chi connectivity index (χ0n) is 39.1. The molecule has 4 N–H and O–H groups in total. The lowest BCUT2D eigenvalue weighted by atomic mass is 9.97. The van der Waals surface area contributed by atoms with E-state index in [9.17, 15) is 39.6 Å². The van der Waals surface area contributed by atoms with Gasteiger partial charge in [-0.3, -0.25) is 19.2 Å². The van der Waals surface area contributed by atoms with E-state index >= 15 is 0 Å². The van der Waals surface area contributed by atoms with E-state index < -0.39 is 123 Å². The summed E-state index contributed by atoms with van der Waals surface area (Å²) in [5.41, 5.74) is 4.99. The first-order valence-electron chi connectivity index (χ1n) is 22.0. The van der Waals surface area contributed by atoms with E-state index in [-0.39, 0.29) is 6.61 Å². The Hall–Kier alpha value is -3.56. The summed E-state index contributed by atoms with van der Waals surface area (Å²) < 4.78 is 57.5. The van der Waals surface area contributed by atoms with Gasteiger partial charge < -0.3 is 67.8 Å². The van der Waals surface area contributed by atoms with Gasteiger partial charge in [0.15, 0.2) is 43.3 Å². The van der Waals surface area contributed by atoms with Gasteiger partial charge >= 0.3 is 23.9 Å². The molecule has 0 aromatic heterocycles. The molecule has 0 aliphatic carbocycles. The monoisotopic (exact) mass is 912 g/mol. The van der Waals surface area contributed by atoms with Crippen LogP contribution in [0.25, 0.3) is 0 Å². The standard InChI is InChI=1S/C46H72O18/c1-24(2)15-12-16-25(3)17-13-18-26(4)19-14-20-27(5)21-22-55-45-41(64-46-43(62-33(11)50)42(61-32(10)49)40(29(7)58-46)60-31(9)48)36(52)35(51)34(63-45)23-56-44-38(54)37(53)39(28(6)57-44)59-30(8)47/h15,17,19,21,28-29,34-46,51-54H,12-14,16,18,20,22-23H2,1-11H3/b25-17+,26-19+,27-21+/t28-,29-,34+,35+,36-,37-,38+,39-,40-,41+,42+,43+,44+,45+,46-/m0/s1. The number of carbonyl (C=O) groups is 4. The van der Waals surface area contributed by atoms with Crippen LogP contribution in [0, 0.1) is 0 Å². The first-order valence-corrected chi connectivity index (χ1v) is 22.0. The molecule has 0 amide bonds. The smallest absolute Gasteiger partial charge is 0.303 e. The highest BCUT2D eigenvalue weighted by Crippen LogP contribution is 2.34. The van der Waals surface area contributed by atoms with Crippen molar-refractivity contribution in [2.24, 2.45) is 0 Å². The van der Waals surface area contributed by atoms with Crippen LogP contribution in [0.4, 0.5) is 0 Å². The van der Waals surface area contributed by atoms with E-state index in [1.807, 2.05) is 13.0 Å². The van der Waals surface area contributed by atoms with Gasteiger partial charge in [0.05, 0.1) is 25.4 Å². The molecule has 64 heavy (non-hydrogen) atoms. The molecule has 0 saturated carbocycles. The number of carbonyl (C=O) groups excluding carboxylic acids is 4. The summed E-state index contributed by atoms with van der Waals surface area (Å²) in [5, 5.41) is 44.5. The van der Waals surface area contributed by atoms with Crippen molar-refractivity contribution in [1.82, 2.24) is 0 Å². The molecule has 364 valence electrons. The molecule has 0 spiro atoms. The summed E-state index contributed by atoms with van der Waals surface area (Å²) in [6.45, 7) is 17.4. The quantitative estimate of drug-likeness (QED) is 0.0724. The van der Waals surface area contributed by atoms with Gasteiger partial charge in [-0.1, -0.05) is 46.6 Å². The Labute approximate surface area is 376 Å². The molecule has 0 aromatic rings. The van der Waals surface area contributed by atoms with E-state index in [0.29, 0.717) is 0 Å². The molecule has 3 heterocycles. The number of esters is 4. The van der Waals surface area contributed by atoms with Crippen molar-refractivity contribution >= 4 is 23.9 Å². The molecule has 3 saturated heterocycles. The number of ether oxygens (including phenoxy) is 10. The molecule has 3 rings (SSSR count). The largest absolute Gasteiger partial charge is 0.457 e. The molecular weight excluding hydrogens is 840 g/mol. The van der Waals surface area contributed by atoms with Crippen LogP contribution in [0.2, 0.25) is 0 Å². The molecule has 0 bridgehead atoms. The predicted octanol–water partition coefficient (Wildman–Crippen LogP) is 3.94. The molecule has 3 aliphatic rings. The zero-order valence-corrected chi connectivity index (χ0v) is 39.1. The van der Waals surface area contributed by atoms with E-state index in [4.69, 9.17) is 47.4 Å². The lowest BCUT2D eigenvalue weighted by Crippen LogP contribution is -2.65. The second kappa shape index (κ2) is 26.6. The molecule has 15 atom stereocenters. The lowest BCUT2D eigenvalue weighted by Gasteiger charge is -2.47. The normalized spacial score (nSPS) is 33.8. The molecule has 3 aliphatic heterocycles. The fourth-order valence-corrected chi connectivity index (χ4v) is 7.52. The van der Waals surface area contributed by atoms with Crippen molar-refractivity contribution in [1.29, 1.82) is 0 Å². The molecular formula is C46H72O18. The van der Waals surface area contributed by atoms with Crippen molar-refractivity contribution in [2.45, 2.75) is 207 Å². The summed E-state index contributed by atoms with van der Waals surface area (Å²) in [4.78, 5) is 48.2. The van der Waals surface area contributed by atoms with Crippen LogP contribution in [-0.2, 0) is 66.5 Å². The molecule has 0 aromatic carbocycles. The Morgan fingerprint density at radius 2 is 0.922 bits per heavy atom. The van der Waals surface area contributed by atoms with Crippen LogP contribution in [0.5, 0.6) is 0 Å². The van der Waals surface area contributed by atoms with Gasteiger partial charge in [-0.2, -0.15) is 0 Å². The van der Waals surface area contributed by atoms with Gasteiger partial charge in [0, 0.05) is 27.7 Å². The highest BCUT2D eigenvalue weighted by molar-refractivity contribution is 5.68. The summed E-state index contributed by atoms with van der Waals surface area (Å²) in [6, 6.07) is 0. The fraction of sp³-hybridized carbons (Fsp3) is 0.739. The fourth-order valence-electron chi connectivity index (χ4n) is 7.52. The molecule has 18 nitrogen and oxygen atoms in total. The Kier molecular flexibility index (Phi) is 22.7. The summed E-state index contributed by atoms with van der Waals surface area (Å²) in [7, 11) is 0. The van der Waals surface area contributed by atoms with Gasteiger partial charge in [-0.25, -0.2) is 0 Å². The summed E-state index contributed by atoms with van der Waals surface area (Å²) in [6.07, 6.45) is -7.24. The minimum absolute atomic E-state index is 0.0438. The zero-order chi connectivity index (χ0) is 47.8. The minimum atomic E-state index is -1.79. The van der Waals surface area contributed by atoms with Gasteiger partial charge in [0.1, 0.15) is 36.6 Å². The maximum Gasteiger partial charge on any atom is 0.303 e. The highest BCUT2D eigenvalue weighted by atomic mass is 16.8. The van der Waals surface area contributed by atoms with Crippen LogP contribution in [0.3, 0.4) is 0 Å². The first kappa shape index (κ1) is 54.8. The average Bonchev–Trinajstić information content (AvgIpc) is 3.19. The third-order valence-corrected chi connectivity index (χ3v) is 10.9. The molecule has 0 radical (unpaired) electrons. The number of rotatable bonds is 21. The number of hydrogen-bond donors (Lipinski definition) is 4. The molecule has 18 heteroatoms. The van der Waals surface area contributed by atoms with Crippen LogP contribution in [-0.4, -0.2) is 150 Å². The second-order valence-electron chi connectivity index (χ2n) is 17.0. The van der Waals surface area contributed by atoms with Crippen molar-refractivity contribution < 1.29 is 87.0 Å². The Morgan fingerprint density at radius 3 is 1.47 bits per heavy atom. The third kappa shape index (κ3) is 17.3. The number of hydrogen-bond acceptors (Lipinski definition) is 18. The average molecular weight is 913 g/mol. The maximum atomic E-state index is 12.4. The Morgan fingerprint density at radius 1 is 0.469 bits per heavy atom. The predicted molar refractivity (Wildman–Crippen MR) is 229 cm³/mol. The van der Waals surface area contributed by atoms with Crippen LogP contribution < -0.4 is 0 Å².